The number of hydrogen-bond acceptors (Lipinski definition) is 6. The summed E-state index contributed by atoms with van der Waals surface area (Å²) in [6, 6.07) is 6.54. The van der Waals surface area contributed by atoms with Crippen molar-refractivity contribution in [2.45, 2.75) is 37.1 Å². The molecule has 1 amide bonds. The number of halogens is 3. The molecular formula is C27H26F3N3O5S. The number of carbonyl (C=O) groups excluding carboxylic acids is 1. The fourth-order valence-electron chi connectivity index (χ4n) is 4.04. The summed E-state index contributed by atoms with van der Waals surface area (Å²) in [4.78, 5) is 16.9. The largest absolute Gasteiger partial charge is 0.457 e. The van der Waals surface area contributed by atoms with Gasteiger partial charge in [0.2, 0.25) is 11.0 Å². The van der Waals surface area contributed by atoms with Gasteiger partial charge in [0.15, 0.2) is 0 Å². The minimum atomic E-state index is -4.50. The van der Waals surface area contributed by atoms with Crippen molar-refractivity contribution < 1.29 is 35.5 Å². The highest BCUT2D eigenvalue weighted by Gasteiger charge is 2.41. The van der Waals surface area contributed by atoms with Crippen molar-refractivity contribution in [1.82, 2.24) is 14.6 Å². The lowest BCUT2D eigenvalue weighted by Crippen LogP contribution is -2.46. The minimum absolute atomic E-state index is 0.00131. The number of furan rings is 1. The topological polar surface area (TPSA) is 102 Å². The van der Waals surface area contributed by atoms with Gasteiger partial charge in [-0.1, -0.05) is 24.3 Å². The number of carbonyl (C=O) groups is 1. The molecule has 0 aliphatic carbocycles. The molecule has 2 aromatic heterocycles. The number of rotatable bonds is 9. The molecule has 39 heavy (non-hydrogen) atoms. The molecule has 4 rings (SSSR count). The summed E-state index contributed by atoms with van der Waals surface area (Å²) < 4.78 is 77.4. The predicted molar refractivity (Wildman–Crippen MR) is 138 cm³/mol. The molecule has 206 valence electrons. The van der Waals surface area contributed by atoms with Crippen molar-refractivity contribution in [2.24, 2.45) is 0 Å². The zero-order valence-corrected chi connectivity index (χ0v) is 21.8. The van der Waals surface area contributed by atoms with Crippen LogP contribution in [0.4, 0.5) is 13.2 Å². The van der Waals surface area contributed by atoms with E-state index in [-0.39, 0.29) is 29.7 Å². The molecule has 0 unspecified atom stereocenters. The maximum absolute atomic E-state index is 13.2. The number of sulfonamides is 1. The Bertz CT molecular complexity index is 1510. The van der Waals surface area contributed by atoms with Crippen LogP contribution in [0.1, 0.15) is 25.3 Å². The minimum Gasteiger partial charge on any atom is -0.457 e. The number of amides is 1. The first-order valence-electron chi connectivity index (χ1n) is 12.0. The van der Waals surface area contributed by atoms with Gasteiger partial charge in [0.05, 0.1) is 5.56 Å². The Labute approximate surface area is 223 Å². The van der Waals surface area contributed by atoms with Crippen LogP contribution in [0.25, 0.3) is 11.0 Å². The molecule has 0 bridgehead atoms. The van der Waals surface area contributed by atoms with Crippen LogP contribution in [0.5, 0.6) is 5.75 Å². The number of aromatic nitrogens is 1. The number of hydrogen-bond donors (Lipinski definition) is 1. The molecule has 1 atom stereocenters. The summed E-state index contributed by atoms with van der Waals surface area (Å²) in [6.07, 6.45) is 3.86. The van der Waals surface area contributed by atoms with Crippen LogP contribution in [0.2, 0.25) is 0 Å². The molecule has 1 aliphatic rings. The average Bonchev–Trinajstić information content (AvgIpc) is 3.58. The van der Waals surface area contributed by atoms with Gasteiger partial charge in [-0.15, -0.1) is 0 Å². The maximum atomic E-state index is 13.2. The van der Waals surface area contributed by atoms with E-state index in [1.54, 1.807) is 19.1 Å². The monoisotopic (exact) mass is 561 g/mol. The van der Waals surface area contributed by atoms with Gasteiger partial charge in [0.1, 0.15) is 23.1 Å². The normalized spacial score (nSPS) is 17.4. The van der Waals surface area contributed by atoms with Gasteiger partial charge in [-0.2, -0.15) is 17.5 Å². The Morgan fingerprint density at radius 2 is 2.08 bits per heavy atom. The second-order valence-electron chi connectivity index (χ2n) is 8.88. The lowest BCUT2D eigenvalue weighted by atomic mass is 10.2. The average molecular weight is 562 g/mol. The highest BCUT2D eigenvalue weighted by molar-refractivity contribution is 7.89. The summed E-state index contributed by atoms with van der Waals surface area (Å²) in [5, 5.41) is 3.04. The molecule has 1 aliphatic heterocycles. The molecular weight excluding hydrogens is 535 g/mol. The Morgan fingerprint density at radius 3 is 2.79 bits per heavy atom. The van der Waals surface area contributed by atoms with E-state index in [4.69, 9.17) is 9.15 Å². The van der Waals surface area contributed by atoms with E-state index in [1.165, 1.54) is 42.7 Å². The van der Waals surface area contributed by atoms with Crippen molar-refractivity contribution in [3.8, 4) is 5.75 Å². The van der Waals surface area contributed by atoms with E-state index < -0.39 is 33.7 Å². The summed E-state index contributed by atoms with van der Waals surface area (Å²) in [5.41, 5.74) is 0.235. The summed E-state index contributed by atoms with van der Waals surface area (Å²) in [7, 11) is -4.04. The number of nitrogens with zero attached hydrogens (tertiary/aromatic N) is 2. The number of benzene rings is 1. The molecule has 0 spiro atoms. The molecule has 3 heterocycles. The van der Waals surface area contributed by atoms with Crippen LogP contribution in [0.15, 0.2) is 94.4 Å². The van der Waals surface area contributed by atoms with Gasteiger partial charge >= 0.3 is 6.18 Å². The summed E-state index contributed by atoms with van der Waals surface area (Å²) in [6.45, 7) is 5.64. The van der Waals surface area contributed by atoms with E-state index in [0.29, 0.717) is 29.4 Å². The molecule has 1 aromatic carbocycles. The van der Waals surface area contributed by atoms with E-state index >= 15 is 0 Å². The molecule has 0 saturated carbocycles. The van der Waals surface area contributed by atoms with Crippen LogP contribution in [-0.2, 0) is 21.0 Å². The fraction of sp³-hybridized carbons (Fsp3) is 0.259. The number of alkyl halides is 3. The van der Waals surface area contributed by atoms with E-state index in [9.17, 15) is 26.4 Å². The van der Waals surface area contributed by atoms with Crippen molar-refractivity contribution in [2.75, 3.05) is 13.1 Å². The predicted octanol–water partition coefficient (Wildman–Crippen LogP) is 5.21. The van der Waals surface area contributed by atoms with Crippen molar-refractivity contribution in [3.05, 3.63) is 90.5 Å². The van der Waals surface area contributed by atoms with Crippen LogP contribution >= 0.6 is 0 Å². The highest BCUT2D eigenvalue weighted by Crippen LogP contribution is 2.32. The SMILES string of the molecule is C=C/C(=C\C=C(/C)CNC(=O)[C@@H]1CCCN1S(=O)(=O)c1cc2cnccc2o1)Oc1cccc(C(F)(F)F)c1. The summed E-state index contributed by atoms with van der Waals surface area (Å²) >= 11 is 0. The van der Waals surface area contributed by atoms with Crippen LogP contribution in [-0.4, -0.2) is 42.7 Å². The van der Waals surface area contributed by atoms with E-state index in [2.05, 4.69) is 16.9 Å². The number of fused-ring (bicyclic) bond motifs is 1. The fourth-order valence-corrected chi connectivity index (χ4v) is 5.64. The Hall–Kier alpha value is -3.90. The smallest absolute Gasteiger partial charge is 0.416 e. The second kappa shape index (κ2) is 11.5. The van der Waals surface area contributed by atoms with E-state index in [0.717, 1.165) is 16.4 Å². The first-order chi connectivity index (χ1) is 18.5. The number of ether oxygens (including phenoxy) is 1. The number of nitrogens with one attached hydrogen (secondary N) is 1. The molecule has 8 nitrogen and oxygen atoms in total. The zero-order valence-electron chi connectivity index (χ0n) is 20.9. The van der Waals surface area contributed by atoms with Crippen molar-refractivity contribution >= 4 is 26.9 Å². The third-order valence-corrected chi connectivity index (χ3v) is 7.80. The first kappa shape index (κ1) is 28.1. The second-order valence-corrected chi connectivity index (χ2v) is 10.7. The Morgan fingerprint density at radius 1 is 1.28 bits per heavy atom. The number of allylic oxidation sites excluding steroid dienone is 3. The molecule has 12 heteroatoms. The van der Waals surface area contributed by atoms with Gasteiger partial charge in [-0.05, 0) is 56.2 Å². The Kier molecular flexibility index (Phi) is 8.26. The first-order valence-corrected chi connectivity index (χ1v) is 13.4. The molecule has 1 N–H and O–H groups in total. The third kappa shape index (κ3) is 6.58. The van der Waals surface area contributed by atoms with Gasteiger partial charge in [0.25, 0.3) is 10.0 Å². The molecule has 1 saturated heterocycles. The molecule has 3 aromatic rings. The lowest BCUT2D eigenvalue weighted by Gasteiger charge is -2.22. The number of pyridine rings is 1. The van der Waals surface area contributed by atoms with Gasteiger partial charge < -0.3 is 14.5 Å². The summed E-state index contributed by atoms with van der Waals surface area (Å²) in [5.74, 6) is -0.248. The standard InChI is InChI=1S/C27H26F3N3O5S/c1-3-21(37-22-7-4-6-20(15-22)27(28,29)30)10-9-18(2)16-32-26(34)23-8-5-13-33(23)39(35,36)25-14-19-17-31-12-11-24(19)38-25/h3-4,6-7,9-12,14-15,17,23H,1,5,8,13,16H2,2H3,(H,32,34)/b18-9+,21-10+/t23-/m0/s1. The van der Waals surface area contributed by atoms with Crippen LogP contribution in [0, 0.1) is 0 Å². The van der Waals surface area contributed by atoms with Crippen molar-refractivity contribution in [1.29, 1.82) is 0 Å². The Balaban J connectivity index is 1.39. The highest BCUT2D eigenvalue weighted by atomic mass is 32.2. The maximum Gasteiger partial charge on any atom is 0.416 e. The van der Waals surface area contributed by atoms with E-state index in [1.807, 2.05) is 0 Å². The lowest BCUT2D eigenvalue weighted by molar-refractivity contribution is -0.137. The van der Waals surface area contributed by atoms with Gasteiger partial charge in [-0.25, -0.2) is 8.42 Å². The van der Waals surface area contributed by atoms with Gasteiger partial charge in [0, 0.05) is 36.9 Å². The molecule has 1 fully saturated rings. The van der Waals surface area contributed by atoms with Crippen molar-refractivity contribution in [3.63, 3.8) is 0 Å². The van der Waals surface area contributed by atoms with Crippen LogP contribution in [0.3, 0.4) is 0 Å². The molecule has 0 radical (unpaired) electrons. The van der Waals surface area contributed by atoms with Gasteiger partial charge in [-0.3, -0.25) is 9.78 Å². The zero-order chi connectivity index (χ0) is 28.2. The third-order valence-electron chi connectivity index (χ3n) is 6.04. The quantitative estimate of drug-likeness (QED) is 0.284. The van der Waals surface area contributed by atoms with Crippen LogP contribution < -0.4 is 10.1 Å².